The van der Waals surface area contributed by atoms with Gasteiger partial charge in [0.05, 0.1) is 17.2 Å². The van der Waals surface area contributed by atoms with Gasteiger partial charge in [0.2, 0.25) is 0 Å². The maximum absolute atomic E-state index is 12.8. The number of halogens is 6. The molecule has 0 radical (unpaired) electrons. The summed E-state index contributed by atoms with van der Waals surface area (Å²) < 4.78 is 76.6. The molecule has 142 valence electrons. The number of unbranched alkanes of at least 4 members (excludes halogenated alkanes) is 1. The van der Waals surface area contributed by atoms with E-state index in [1.54, 1.807) is 6.07 Å². The fourth-order valence-electron chi connectivity index (χ4n) is 1.97. The van der Waals surface area contributed by atoms with Crippen molar-refractivity contribution in [3.8, 4) is 6.07 Å². The van der Waals surface area contributed by atoms with Gasteiger partial charge in [0.1, 0.15) is 6.04 Å². The summed E-state index contributed by atoms with van der Waals surface area (Å²) in [5, 5.41) is 19.2. The van der Waals surface area contributed by atoms with Crippen molar-refractivity contribution in [2.75, 3.05) is 0 Å². The van der Waals surface area contributed by atoms with Crippen LogP contribution in [0, 0.1) is 11.3 Å². The summed E-state index contributed by atoms with van der Waals surface area (Å²) in [7, 11) is 0. The minimum atomic E-state index is -5.13. The highest BCUT2D eigenvalue weighted by Gasteiger charge is 2.37. The van der Waals surface area contributed by atoms with Gasteiger partial charge >= 0.3 is 18.3 Å². The predicted molar refractivity (Wildman–Crippen MR) is 74.8 cm³/mol. The van der Waals surface area contributed by atoms with Crippen LogP contribution in [0.25, 0.3) is 0 Å². The Hall–Kier alpha value is -2.77. The number of nitriles is 1. The van der Waals surface area contributed by atoms with Crippen molar-refractivity contribution >= 4 is 11.9 Å². The summed E-state index contributed by atoms with van der Waals surface area (Å²) in [5.74, 6) is -2.93. The topological polar surface area (TPSA) is 90.2 Å². The lowest BCUT2D eigenvalue weighted by atomic mass is 10.0. The zero-order valence-corrected chi connectivity index (χ0v) is 12.9. The third-order valence-electron chi connectivity index (χ3n) is 3.23. The Morgan fingerprint density at radius 2 is 1.58 bits per heavy atom. The van der Waals surface area contributed by atoms with E-state index in [0.717, 1.165) is 0 Å². The Bertz CT molecular complexity index is 689. The molecule has 1 amide bonds. The molecule has 11 heteroatoms. The average Bonchev–Trinajstić information content (AvgIpc) is 2.51. The second-order valence-electron chi connectivity index (χ2n) is 5.21. The first kappa shape index (κ1) is 21.3. The van der Waals surface area contributed by atoms with Gasteiger partial charge in [-0.15, -0.1) is 0 Å². The van der Waals surface area contributed by atoms with Crippen LogP contribution < -0.4 is 5.32 Å². The molecule has 0 aliphatic rings. The van der Waals surface area contributed by atoms with Gasteiger partial charge in [-0.1, -0.05) is 0 Å². The lowest BCUT2D eigenvalue weighted by molar-refractivity contribution is -0.143. The highest BCUT2D eigenvalue weighted by atomic mass is 19.4. The summed E-state index contributed by atoms with van der Waals surface area (Å²) in [5.41, 5.74) is -4.35. The van der Waals surface area contributed by atoms with E-state index < -0.39 is 47.0 Å². The molecule has 0 saturated carbocycles. The quantitative estimate of drug-likeness (QED) is 0.581. The smallest absolute Gasteiger partial charge is 0.416 e. The van der Waals surface area contributed by atoms with E-state index in [4.69, 9.17) is 10.4 Å². The van der Waals surface area contributed by atoms with Gasteiger partial charge < -0.3 is 10.4 Å². The Morgan fingerprint density at radius 1 is 1.08 bits per heavy atom. The van der Waals surface area contributed by atoms with Crippen LogP contribution in [0.15, 0.2) is 18.2 Å². The molecule has 0 fully saturated rings. The third-order valence-corrected chi connectivity index (χ3v) is 3.23. The summed E-state index contributed by atoms with van der Waals surface area (Å²) in [6.07, 6.45) is -10.4. The van der Waals surface area contributed by atoms with Gasteiger partial charge in [0.25, 0.3) is 5.91 Å². The molecule has 1 aromatic rings. The summed E-state index contributed by atoms with van der Waals surface area (Å²) >= 11 is 0. The number of nitrogens with zero attached hydrogens (tertiary/aromatic N) is 1. The first-order valence-electron chi connectivity index (χ1n) is 7.06. The molecule has 1 atom stereocenters. The first-order valence-corrected chi connectivity index (χ1v) is 7.06. The first-order chi connectivity index (χ1) is 11.9. The van der Waals surface area contributed by atoms with Crippen LogP contribution in [0.4, 0.5) is 26.3 Å². The molecule has 0 spiro atoms. The highest BCUT2D eigenvalue weighted by molar-refractivity contribution is 5.97. The molecular formula is C15H12F6N2O3. The van der Waals surface area contributed by atoms with Crippen molar-refractivity contribution in [1.29, 1.82) is 5.26 Å². The van der Waals surface area contributed by atoms with Crippen molar-refractivity contribution in [3.63, 3.8) is 0 Å². The van der Waals surface area contributed by atoms with Crippen molar-refractivity contribution < 1.29 is 41.0 Å². The summed E-state index contributed by atoms with van der Waals surface area (Å²) in [6.45, 7) is 0. The number of hydrogen-bond acceptors (Lipinski definition) is 3. The number of nitrogens with one attached hydrogen (secondary N) is 1. The molecule has 5 nitrogen and oxygen atoms in total. The number of alkyl halides is 6. The van der Waals surface area contributed by atoms with Crippen molar-refractivity contribution in [3.05, 3.63) is 34.9 Å². The van der Waals surface area contributed by atoms with Crippen LogP contribution in [0.3, 0.4) is 0 Å². The van der Waals surface area contributed by atoms with Crippen molar-refractivity contribution in [1.82, 2.24) is 5.32 Å². The van der Waals surface area contributed by atoms with Gasteiger partial charge in [-0.05, 0) is 31.0 Å². The summed E-state index contributed by atoms with van der Waals surface area (Å²) in [6, 6.07) is 0.457. The maximum Gasteiger partial charge on any atom is 0.416 e. The number of carbonyl (C=O) groups excluding carboxylic acids is 1. The zero-order chi connectivity index (χ0) is 20.1. The lowest BCUT2D eigenvalue weighted by Crippen LogP contribution is -2.40. The standard InChI is InChI=1S/C15H12F6N2O3/c16-14(17,18)9-5-8(6-10(7-9)15(19,20)21)12(24)23-11(13(25)26)3-1-2-4-22/h5-7,11H,1-3H2,(H,23,24)(H,25,26)/t11-/m1/s1. The van der Waals surface area contributed by atoms with Crippen LogP contribution in [0.1, 0.15) is 40.7 Å². The van der Waals surface area contributed by atoms with Gasteiger partial charge in [-0.25, -0.2) is 4.79 Å². The number of aliphatic carboxylic acids is 1. The van der Waals surface area contributed by atoms with Gasteiger partial charge in [0, 0.05) is 12.0 Å². The second kappa shape index (κ2) is 8.07. The molecule has 0 heterocycles. The third kappa shape index (κ3) is 5.94. The highest BCUT2D eigenvalue weighted by Crippen LogP contribution is 2.36. The zero-order valence-electron chi connectivity index (χ0n) is 12.9. The number of amides is 1. The monoisotopic (exact) mass is 382 g/mol. The summed E-state index contributed by atoms with van der Waals surface area (Å²) in [4.78, 5) is 23.0. The van der Waals surface area contributed by atoms with Crippen LogP contribution in [0.5, 0.6) is 0 Å². The van der Waals surface area contributed by atoms with Crippen LogP contribution in [-0.2, 0) is 17.1 Å². The Kier molecular flexibility index (Phi) is 6.60. The molecule has 0 aliphatic carbocycles. The molecule has 1 aromatic carbocycles. The molecule has 0 unspecified atom stereocenters. The van der Waals surface area contributed by atoms with Crippen molar-refractivity contribution in [2.45, 2.75) is 37.7 Å². The van der Waals surface area contributed by atoms with E-state index in [1.165, 1.54) is 0 Å². The SMILES string of the molecule is N#CCCC[C@@H](NC(=O)c1cc(C(F)(F)F)cc(C(F)(F)F)c1)C(=O)O. The minimum Gasteiger partial charge on any atom is -0.480 e. The molecule has 26 heavy (non-hydrogen) atoms. The van der Waals surface area contributed by atoms with E-state index in [2.05, 4.69) is 0 Å². The van der Waals surface area contributed by atoms with E-state index in [-0.39, 0.29) is 37.5 Å². The minimum absolute atomic E-state index is 0.0264. The van der Waals surface area contributed by atoms with E-state index >= 15 is 0 Å². The maximum atomic E-state index is 12.8. The molecule has 2 N–H and O–H groups in total. The fraction of sp³-hybridized carbons (Fsp3) is 0.400. The van der Waals surface area contributed by atoms with E-state index in [0.29, 0.717) is 0 Å². The van der Waals surface area contributed by atoms with Crippen LogP contribution in [-0.4, -0.2) is 23.0 Å². The Labute approximate surface area is 143 Å². The Morgan fingerprint density at radius 3 is 1.96 bits per heavy atom. The molecule has 0 bridgehead atoms. The number of carboxylic acid groups (broad SMARTS) is 1. The normalized spacial score (nSPS) is 13.0. The van der Waals surface area contributed by atoms with E-state index in [1.807, 2.05) is 5.32 Å². The van der Waals surface area contributed by atoms with Crippen LogP contribution >= 0.6 is 0 Å². The number of rotatable bonds is 6. The number of carbonyl (C=O) groups is 2. The largest absolute Gasteiger partial charge is 0.480 e. The second-order valence-corrected chi connectivity index (χ2v) is 5.21. The number of hydrogen-bond donors (Lipinski definition) is 2. The number of carboxylic acids is 1. The Balaban J connectivity index is 3.17. The predicted octanol–water partition coefficient (Wildman–Crippen LogP) is 3.60. The number of benzene rings is 1. The average molecular weight is 382 g/mol. The van der Waals surface area contributed by atoms with Gasteiger partial charge in [-0.3, -0.25) is 4.79 Å². The fourth-order valence-corrected chi connectivity index (χ4v) is 1.97. The lowest BCUT2D eigenvalue weighted by Gasteiger charge is -2.16. The molecule has 0 aliphatic heterocycles. The van der Waals surface area contributed by atoms with Gasteiger partial charge in [0.15, 0.2) is 0 Å². The van der Waals surface area contributed by atoms with Crippen LogP contribution in [0.2, 0.25) is 0 Å². The molecule has 0 aromatic heterocycles. The van der Waals surface area contributed by atoms with Crippen molar-refractivity contribution in [2.24, 2.45) is 0 Å². The molecule has 1 rings (SSSR count). The molecule has 0 saturated heterocycles. The van der Waals surface area contributed by atoms with Gasteiger partial charge in [-0.2, -0.15) is 31.6 Å². The van der Waals surface area contributed by atoms with E-state index in [9.17, 15) is 35.9 Å². The molecular weight excluding hydrogens is 370 g/mol.